The van der Waals surface area contributed by atoms with Crippen molar-refractivity contribution in [2.75, 3.05) is 5.32 Å². The summed E-state index contributed by atoms with van der Waals surface area (Å²) >= 11 is 0. The van der Waals surface area contributed by atoms with Gasteiger partial charge in [0.1, 0.15) is 11.6 Å². The number of halogens is 2. The first-order valence-electron chi connectivity index (χ1n) is 7.02. The maximum absolute atomic E-state index is 13.7. The zero-order valence-electron chi connectivity index (χ0n) is 12.5. The largest absolute Gasteiger partial charge is 0.336 e. The van der Waals surface area contributed by atoms with Gasteiger partial charge in [-0.2, -0.15) is 0 Å². The Labute approximate surface area is 130 Å². The molecule has 5 nitrogen and oxygen atoms in total. The molecule has 0 fully saturated rings. The number of nitrogens with zero attached hydrogens (tertiary/aromatic N) is 2. The molecule has 2 heterocycles. The molecule has 0 atom stereocenters. The molecule has 0 saturated carbocycles. The van der Waals surface area contributed by atoms with E-state index >= 15 is 0 Å². The Bertz CT molecular complexity index is 906. The molecule has 0 saturated heterocycles. The first-order chi connectivity index (χ1) is 11.0. The summed E-state index contributed by atoms with van der Waals surface area (Å²) in [5.41, 5.74) is 1.41. The SMILES string of the molecule is CCc1cc(C(=O)Nc2cc(F)ccc2F)c2c(C)noc2n1. The summed E-state index contributed by atoms with van der Waals surface area (Å²) in [6.07, 6.45) is 0.588. The third-order valence-corrected chi connectivity index (χ3v) is 3.45. The van der Waals surface area contributed by atoms with Crippen molar-refractivity contribution in [2.45, 2.75) is 20.3 Å². The van der Waals surface area contributed by atoms with E-state index in [-0.39, 0.29) is 17.0 Å². The zero-order chi connectivity index (χ0) is 16.6. The molecule has 1 amide bonds. The molecular weight excluding hydrogens is 304 g/mol. The highest BCUT2D eigenvalue weighted by Crippen LogP contribution is 2.24. The van der Waals surface area contributed by atoms with E-state index in [1.165, 1.54) is 0 Å². The summed E-state index contributed by atoms with van der Waals surface area (Å²) in [7, 11) is 0. The Kier molecular flexibility index (Phi) is 3.77. The van der Waals surface area contributed by atoms with Crippen LogP contribution in [0.15, 0.2) is 28.8 Å². The van der Waals surface area contributed by atoms with Gasteiger partial charge in [0.15, 0.2) is 0 Å². The average Bonchev–Trinajstić information content (AvgIpc) is 2.91. The Morgan fingerprint density at radius 1 is 1.30 bits per heavy atom. The average molecular weight is 317 g/mol. The smallest absolute Gasteiger partial charge is 0.258 e. The van der Waals surface area contributed by atoms with Crippen molar-refractivity contribution in [3.63, 3.8) is 0 Å². The van der Waals surface area contributed by atoms with E-state index in [1.807, 2.05) is 6.92 Å². The number of aromatic nitrogens is 2. The number of carbonyl (C=O) groups is 1. The molecular formula is C16H13F2N3O2. The van der Waals surface area contributed by atoms with Gasteiger partial charge in [-0.15, -0.1) is 0 Å². The summed E-state index contributed by atoms with van der Waals surface area (Å²) in [6, 6.07) is 4.45. The van der Waals surface area contributed by atoms with E-state index < -0.39 is 17.5 Å². The number of carbonyl (C=O) groups excluding carboxylic acids is 1. The van der Waals surface area contributed by atoms with Crippen LogP contribution in [0.25, 0.3) is 11.1 Å². The molecule has 23 heavy (non-hydrogen) atoms. The van der Waals surface area contributed by atoms with Crippen LogP contribution in [0.4, 0.5) is 14.5 Å². The van der Waals surface area contributed by atoms with Crippen LogP contribution < -0.4 is 5.32 Å². The van der Waals surface area contributed by atoms with Crippen molar-refractivity contribution in [3.8, 4) is 0 Å². The topological polar surface area (TPSA) is 68.0 Å². The van der Waals surface area contributed by atoms with Crippen LogP contribution in [-0.4, -0.2) is 16.0 Å². The van der Waals surface area contributed by atoms with Crippen LogP contribution in [0.2, 0.25) is 0 Å². The van der Waals surface area contributed by atoms with Crippen molar-refractivity contribution in [1.29, 1.82) is 0 Å². The number of benzene rings is 1. The van der Waals surface area contributed by atoms with Gasteiger partial charge in [-0.1, -0.05) is 12.1 Å². The molecule has 0 spiro atoms. The lowest BCUT2D eigenvalue weighted by Crippen LogP contribution is -2.14. The maximum atomic E-state index is 13.7. The standard InChI is InChI=1S/C16H13F2N3O2/c1-3-10-7-11(14-8(2)21-23-16(14)19-10)15(22)20-13-6-9(17)4-5-12(13)18/h4-7H,3H2,1-2H3,(H,20,22). The summed E-state index contributed by atoms with van der Waals surface area (Å²) in [6.45, 7) is 3.56. The molecule has 0 unspecified atom stereocenters. The first-order valence-corrected chi connectivity index (χ1v) is 7.02. The highest BCUT2D eigenvalue weighted by atomic mass is 19.1. The number of nitrogens with one attached hydrogen (secondary N) is 1. The van der Waals surface area contributed by atoms with E-state index in [4.69, 9.17) is 4.52 Å². The second-order valence-corrected chi connectivity index (χ2v) is 5.04. The van der Waals surface area contributed by atoms with Crippen molar-refractivity contribution in [3.05, 3.63) is 52.9 Å². The van der Waals surface area contributed by atoms with Crippen molar-refractivity contribution < 1.29 is 18.1 Å². The Morgan fingerprint density at radius 3 is 2.83 bits per heavy atom. The van der Waals surface area contributed by atoms with Crippen molar-refractivity contribution >= 4 is 22.7 Å². The number of fused-ring (bicyclic) bond motifs is 1. The number of rotatable bonds is 3. The number of hydrogen-bond acceptors (Lipinski definition) is 4. The molecule has 1 aromatic carbocycles. The van der Waals surface area contributed by atoms with Crippen LogP contribution in [0.5, 0.6) is 0 Å². The van der Waals surface area contributed by atoms with E-state index in [9.17, 15) is 13.6 Å². The van der Waals surface area contributed by atoms with Crippen LogP contribution >= 0.6 is 0 Å². The second kappa shape index (κ2) is 5.75. The minimum absolute atomic E-state index is 0.230. The van der Waals surface area contributed by atoms with Gasteiger partial charge < -0.3 is 9.84 Å². The molecule has 0 radical (unpaired) electrons. The summed E-state index contributed by atoms with van der Waals surface area (Å²) < 4.78 is 32.0. The van der Waals surface area contributed by atoms with Gasteiger partial charge in [0, 0.05) is 11.8 Å². The number of pyridine rings is 1. The minimum Gasteiger partial charge on any atom is -0.336 e. The lowest BCUT2D eigenvalue weighted by molar-refractivity contribution is 0.102. The van der Waals surface area contributed by atoms with E-state index in [1.54, 1.807) is 13.0 Å². The van der Waals surface area contributed by atoms with Gasteiger partial charge >= 0.3 is 0 Å². The molecule has 0 aliphatic rings. The Hall–Kier alpha value is -2.83. The predicted molar refractivity (Wildman–Crippen MR) is 80.2 cm³/mol. The quantitative estimate of drug-likeness (QED) is 0.801. The van der Waals surface area contributed by atoms with Gasteiger partial charge in [0.05, 0.1) is 22.3 Å². The van der Waals surface area contributed by atoms with Crippen LogP contribution in [0, 0.1) is 18.6 Å². The number of anilines is 1. The summed E-state index contributed by atoms with van der Waals surface area (Å²) in [5, 5.41) is 6.63. The molecule has 3 aromatic rings. The Morgan fingerprint density at radius 2 is 2.09 bits per heavy atom. The number of amides is 1. The molecule has 3 rings (SSSR count). The van der Waals surface area contributed by atoms with Crippen molar-refractivity contribution in [1.82, 2.24) is 10.1 Å². The third-order valence-electron chi connectivity index (χ3n) is 3.45. The summed E-state index contributed by atoms with van der Waals surface area (Å²) in [4.78, 5) is 16.8. The van der Waals surface area contributed by atoms with Crippen molar-refractivity contribution in [2.24, 2.45) is 0 Å². The number of aryl methyl sites for hydroxylation is 2. The van der Waals surface area contributed by atoms with Gasteiger partial charge in [-0.05, 0) is 31.5 Å². The molecule has 1 N–H and O–H groups in total. The lowest BCUT2D eigenvalue weighted by Gasteiger charge is -2.08. The van der Waals surface area contributed by atoms with Gasteiger partial charge in [0.25, 0.3) is 11.6 Å². The number of hydrogen-bond donors (Lipinski definition) is 1. The van der Waals surface area contributed by atoms with E-state index in [0.717, 1.165) is 18.2 Å². The van der Waals surface area contributed by atoms with Crippen LogP contribution in [-0.2, 0) is 6.42 Å². The van der Waals surface area contributed by atoms with Gasteiger partial charge in [0.2, 0.25) is 0 Å². The maximum Gasteiger partial charge on any atom is 0.258 e. The predicted octanol–water partition coefficient (Wildman–Crippen LogP) is 3.62. The molecule has 0 aliphatic heterocycles. The molecule has 0 bridgehead atoms. The second-order valence-electron chi connectivity index (χ2n) is 5.04. The zero-order valence-corrected chi connectivity index (χ0v) is 12.5. The van der Waals surface area contributed by atoms with E-state index in [0.29, 0.717) is 23.2 Å². The lowest BCUT2D eigenvalue weighted by atomic mass is 10.1. The Balaban J connectivity index is 2.06. The van der Waals surface area contributed by atoms with E-state index in [2.05, 4.69) is 15.5 Å². The monoisotopic (exact) mass is 317 g/mol. The fourth-order valence-electron chi connectivity index (χ4n) is 2.29. The highest BCUT2D eigenvalue weighted by Gasteiger charge is 2.19. The summed E-state index contributed by atoms with van der Waals surface area (Å²) in [5.74, 6) is -1.94. The molecule has 0 aliphatic carbocycles. The minimum atomic E-state index is -0.720. The van der Waals surface area contributed by atoms with Crippen LogP contribution in [0.3, 0.4) is 0 Å². The normalized spacial score (nSPS) is 11.0. The van der Waals surface area contributed by atoms with Gasteiger partial charge in [-0.25, -0.2) is 13.8 Å². The highest BCUT2D eigenvalue weighted by molar-refractivity contribution is 6.12. The van der Waals surface area contributed by atoms with Gasteiger partial charge in [-0.3, -0.25) is 4.79 Å². The molecule has 7 heteroatoms. The fourth-order valence-corrected chi connectivity index (χ4v) is 2.29. The molecule has 118 valence electrons. The fraction of sp³-hybridized carbons (Fsp3) is 0.188. The first kappa shape index (κ1) is 15.1. The molecule has 2 aromatic heterocycles. The van der Waals surface area contributed by atoms with Crippen LogP contribution in [0.1, 0.15) is 28.7 Å². The third kappa shape index (κ3) is 2.77.